The predicted octanol–water partition coefficient (Wildman–Crippen LogP) is 13.4. The highest BCUT2D eigenvalue weighted by molar-refractivity contribution is 6.13. The Kier molecular flexibility index (Phi) is 7.38. The largest absolute Gasteiger partial charge is 0.457 e. The number of pyridine rings is 3. The number of ether oxygens (including phenoxy) is 1. The third-order valence-corrected chi connectivity index (χ3v) is 14.5. The molecule has 9 nitrogen and oxygen atoms in total. The van der Waals surface area contributed by atoms with Gasteiger partial charge in [0.2, 0.25) is 0 Å². The number of hydrogen-bond donors (Lipinski definition) is 0. The number of nitrogens with zero attached hydrogens (tertiary/aromatic N) is 8. The minimum Gasteiger partial charge on any atom is -0.457 e. The van der Waals surface area contributed by atoms with Crippen molar-refractivity contribution in [3.05, 3.63) is 228 Å². The molecule has 1 unspecified atom stereocenters. The Labute approximate surface area is 393 Å². The maximum atomic E-state index is 10.2. The summed E-state index contributed by atoms with van der Waals surface area (Å²) in [6.07, 6.45) is 7.56. The molecule has 0 fully saturated rings. The van der Waals surface area contributed by atoms with Crippen molar-refractivity contribution in [1.29, 1.82) is 10.5 Å². The zero-order valence-corrected chi connectivity index (χ0v) is 36.5. The number of benzene rings is 7. The molecule has 13 aromatic rings. The van der Waals surface area contributed by atoms with E-state index >= 15 is 0 Å². The van der Waals surface area contributed by atoms with E-state index in [1.165, 1.54) is 0 Å². The van der Waals surface area contributed by atoms with Gasteiger partial charge in [-0.05, 0) is 103 Å². The first kappa shape index (κ1) is 37.4. The molecule has 2 aliphatic rings. The van der Waals surface area contributed by atoms with Crippen molar-refractivity contribution in [1.82, 2.24) is 28.7 Å². The molecule has 6 aromatic heterocycles. The molecule has 318 valence electrons. The van der Waals surface area contributed by atoms with Crippen LogP contribution in [-0.2, 0) is 5.41 Å². The minimum absolute atomic E-state index is 0.591. The monoisotopic (exact) mass is 880 g/mol. The highest BCUT2D eigenvalue weighted by atomic mass is 16.5. The van der Waals surface area contributed by atoms with E-state index in [2.05, 4.69) is 140 Å². The molecule has 0 saturated heterocycles. The zero-order chi connectivity index (χ0) is 45.5. The van der Waals surface area contributed by atoms with E-state index < -0.39 is 5.41 Å². The van der Waals surface area contributed by atoms with Crippen LogP contribution in [0, 0.1) is 22.7 Å². The van der Waals surface area contributed by atoms with E-state index in [1.807, 2.05) is 85.5 Å². The molecular weight excluding hydrogens is 849 g/mol. The SMILES string of the molecule is N#Cc1ccc2c(c1)c1ccccc1n2-c1cnc2c(c1)C1(c3ccccc3Oc3cc(-n4c5ccc(C#N)cc5c5cc(-n6c7ccccc7c7ccncc76)ccc54)ccc31)c1cccnc1-2. The van der Waals surface area contributed by atoms with Gasteiger partial charge in [0.15, 0.2) is 0 Å². The summed E-state index contributed by atoms with van der Waals surface area (Å²) in [7, 11) is 0. The van der Waals surface area contributed by atoms with Gasteiger partial charge in [0.1, 0.15) is 11.5 Å². The third-order valence-electron chi connectivity index (χ3n) is 14.5. The molecule has 69 heavy (non-hydrogen) atoms. The summed E-state index contributed by atoms with van der Waals surface area (Å²) in [5, 5.41) is 26.4. The van der Waals surface area contributed by atoms with Crippen LogP contribution in [0.3, 0.4) is 0 Å². The molecule has 9 heteroatoms. The number of rotatable bonds is 3. The molecule has 1 aliphatic heterocycles. The zero-order valence-electron chi connectivity index (χ0n) is 36.5. The maximum absolute atomic E-state index is 10.2. The van der Waals surface area contributed by atoms with E-state index in [9.17, 15) is 10.5 Å². The van der Waals surface area contributed by atoms with Gasteiger partial charge in [-0.15, -0.1) is 0 Å². The Morgan fingerprint density at radius 3 is 1.74 bits per heavy atom. The molecule has 7 aromatic carbocycles. The lowest BCUT2D eigenvalue weighted by Crippen LogP contribution is -2.32. The fourth-order valence-electron chi connectivity index (χ4n) is 11.8. The van der Waals surface area contributed by atoms with Gasteiger partial charge >= 0.3 is 0 Å². The van der Waals surface area contributed by atoms with E-state index in [-0.39, 0.29) is 0 Å². The van der Waals surface area contributed by atoms with E-state index in [0.717, 1.165) is 128 Å². The molecule has 0 radical (unpaired) electrons. The summed E-state index contributed by atoms with van der Waals surface area (Å²) in [5.41, 5.74) is 15.0. The molecule has 1 spiro atoms. The van der Waals surface area contributed by atoms with Crippen molar-refractivity contribution in [2.45, 2.75) is 5.41 Å². The number of hydrogen-bond acceptors (Lipinski definition) is 6. The van der Waals surface area contributed by atoms with E-state index in [0.29, 0.717) is 11.1 Å². The summed E-state index contributed by atoms with van der Waals surface area (Å²) in [6.45, 7) is 0. The molecule has 15 rings (SSSR count). The summed E-state index contributed by atoms with van der Waals surface area (Å²) < 4.78 is 13.8. The van der Waals surface area contributed by atoms with Crippen LogP contribution in [0.5, 0.6) is 11.5 Å². The van der Waals surface area contributed by atoms with Crippen molar-refractivity contribution in [3.63, 3.8) is 0 Å². The normalized spacial score (nSPS) is 14.5. The lowest BCUT2D eigenvalue weighted by atomic mass is 9.66. The Hall–Kier alpha value is -9.83. The van der Waals surface area contributed by atoms with Gasteiger partial charge in [-0.25, -0.2) is 0 Å². The van der Waals surface area contributed by atoms with Crippen LogP contribution in [0.25, 0.3) is 93.9 Å². The Morgan fingerprint density at radius 1 is 0.391 bits per heavy atom. The quantitative estimate of drug-likeness (QED) is 0.175. The second-order valence-corrected chi connectivity index (χ2v) is 17.8. The van der Waals surface area contributed by atoms with E-state index in [4.69, 9.17) is 14.7 Å². The predicted molar refractivity (Wildman–Crippen MR) is 270 cm³/mol. The van der Waals surface area contributed by atoms with Gasteiger partial charge in [0.25, 0.3) is 0 Å². The first-order valence-electron chi connectivity index (χ1n) is 22.8. The molecule has 1 atom stereocenters. The number of nitriles is 2. The van der Waals surface area contributed by atoms with Gasteiger partial charge in [-0.1, -0.05) is 66.7 Å². The third kappa shape index (κ3) is 4.87. The minimum atomic E-state index is -0.841. The summed E-state index contributed by atoms with van der Waals surface area (Å²) >= 11 is 0. The Bertz CT molecular complexity index is 4470. The number of fused-ring (bicyclic) bond motifs is 18. The molecule has 1 aliphatic carbocycles. The van der Waals surface area contributed by atoms with Crippen molar-refractivity contribution >= 4 is 65.4 Å². The van der Waals surface area contributed by atoms with Gasteiger partial charge in [-0.3, -0.25) is 15.0 Å². The highest BCUT2D eigenvalue weighted by Crippen LogP contribution is 2.62. The van der Waals surface area contributed by atoms with Crippen molar-refractivity contribution in [3.8, 4) is 52.1 Å². The average Bonchev–Trinajstić information content (AvgIpc) is 4.12. The Morgan fingerprint density at radius 2 is 0.957 bits per heavy atom. The van der Waals surface area contributed by atoms with Crippen LogP contribution in [0.4, 0.5) is 0 Å². The average molecular weight is 881 g/mol. The van der Waals surface area contributed by atoms with Crippen molar-refractivity contribution in [2.75, 3.05) is 0 Å². The Balaban J connectivity index is 0.967. The summed E-state index contributed by atoms with van der Waals surface area (Å²) in [6, 6.07) is 63.3. The second-order valence-electron chi connectivity index (χ2n) is 17.8. The number of aromatic nitrogens is 6. The lowest BCUT2D eigenvalue weighted by molar-refractivity contribution is 0.436. The topological polar surface area (TPSA) is 110 Å². The van der Waals surface area contributed by atoms with Crippen LogP contribution in [-0.4, -0.2) is 28.7 Å². The standard InChI is InChI=1S/C60H32N8O/c61-31-35-15-20-52-43(26-35)41-9-2-5-13-51(41)68(52)39-29-49-59(65-33-39)58-48(11-7-24-64-58)60(49)46-10-3-6-14-56(46)69-57-30-38(17-19-47(57)60)66-53-21-16-36(32-62)27-44(53)45-28-37(18-22-54(45)66)67-50-12-4-1-8-40(50)42-23-25-63-34-55(42)67/h1-30,33-34H. The second kappa shape index (κ2) is 13.6. The fraction of sp³-hybridized carbons (Fsp3) is 0.0167. The maximum Gasteiger partial charge on any atom is 0.134 e. The fourth-order valence-corrected chi connectivity index (χ4v) is 11.8. The first-order valence-corrected chi connectivity index (χ1v) is 22.8. The molecule has 0 bridgehead atoms. The highest BCUT2D eigenvalue weighted by Gasteiger charge is 2.52. The molecule has 0 amide bonds. The van der Waals surface area contributed by atoms with Crippen LogP contribution in [0.1, 0.15) is 33.4 Å². The lowest BCUT2D eigenvalue weighted by Gasteiger charge is -2.39. The van der Waals surface area contributed by atoms with Crippen LogP contribution >= 0.6 is 0 Å². The molecular formula is C60H32N8O. The summed E-state index contributed by atoms with van der Waals surface area (Å²) in [5.74, 6) is 1.47. The van der Waals surface area contributed by atoms with Crippen LogP contribution < -0.4 is 4.74 Å². The van der Waals surface area contributed by atoms with Gasteiger partial charge < -0.3 is 18.4 Å². The van der Waals surface area contributed by atoms with Crippen LogP contribution in [0.15, 0.2) is 195 Å². The van der Waals surface area contributed by atoms with Crippen molar-refractivity contribution in [2.24, 2.45) is 0 Å². The molecule has 7 heterocycles. The van der Waals surface area contributed by atoms with Gasteiger partial charge in [0, 0.05) is 78.8 Å². The first-order chi connectivity index (χ1) is 34.1. The summed E-state index contributed by atoms with van der Waals surface area (Å²) in [4.78, 5) is 14.9. The van der Waals surface area contributed by atoms with Gasteiger partial charge in [0.05, 0.1) is 91.2 Å². The van der Waals surface area contributed by atoms with Gasteiger partial charge in [-0.2, -0.15) is 10.5 Å². The number of para-hydroxylation sites is 3. The van der Waals surface area contributed by atoms with E-state index in [1.54, 1.807) is 0 Å². The molecule has 0 saturated carbocycles. The smallest absolute Gasteiger partial charge is 0.134 e. The van der Waals surface area contributed by atoms with Crippen LogP contribution in [0.2, 0.25) is 0 Å². The van der Waals surface area contributed by atoms with Crippen molar-refractivity contribution < 1.29 is 4.74 Å². The molecule has 0 N–H and O–H groups in total.